The molecule has 0 aliphatic rings. The highest BCUT2D eigenvalue weighted by molar-refractivity contribution is 6.14. The van der Waals surface area contributed by atoms with Gasteiger partial charge in [0.05, 0.1) is 22.8 Å². The summed E-state index contributed by atoms with van der Waals surface area (Å²) < 4.78 is 0. The fourth-order valence-electron chi connectivity index (χ4n) is 8.94. The summed E-state index contributed by atoms with van der Waals surface area (Å²) in [6, 6.07) is 78.9. The van der Waals surface area contributed by atoms with Gasteiger partial charge in [-0.3, -0.25) is 0 Å². The van der Waals surface area contributed by atoms with Gasteiger partial charge in [-0.15, -0.1) is 0 Å². The molecule has 0 aliphatic carbocycles. The van der Waals surface area contributed by atoms with E-state index in [1.807, 2.05) is 24.3 Å². The summed E-state index contributed by atoms with van der Waals surface area (Å²) in [5, 5.41) is 0. The molecule has 0 atom stereocenters. The summed E-state index contributed by atoms with van der Waals surface area (Å²) in [5.74, 6) is 0.702. The Hall–Kier alpha value is -8.01. The molecule has 9 aromatic rings. The lowest BCUT2D eigenvalue weighted by molar-refractivity contribution is 0.478. The Labute approximate surface area is 390 Å². The summed E-state index contributed by atoms with van der Waals surface area (Å²) in [4.78, 5) is 15.5. The minimum Gasteiger partial charge on any atom is -0.248 e. The van der Waals surface area contributed by atoms with E-state index in [1.54, 1.807) is 0 Å². The van der Waals surface area contributed by atoms with Crippen LogP contribution in [0.3, 0.4) is 0 Å². The van der Waals surface area contributed by atoms with Crippen LogP contribution < -0.4 is 0 Å². The Morgan fingerprint density at radius 3 is 1.32 bits per heavy atom. The molecule has 0 amide bonds. The minimum atomic E-state index is -0.189. The van der Waals surface area contributed by atoms with E-state index >= 15 is 0 Å². The van der Waals surface area contributed by atoms with Crippen molar-refractivity contribution in [2.75, 3.05) is 0 Å². The van der Waals surface area contributed by atoms with E-state index in [2.05, 4.69) is 234 Å². The lowest BCUT2D eigenvalue weighted by Crippen LogP contribution is -2.26. The van der Waals surface area contributed by atoms with E-state index in [9.17, 15) is 0 Å². The molecule has 9 rings (SSSR count). The number of aliphatic imine (C=N–C) groups is 1. The van der Waals surface area contributed by atoms with Crippen LogP contribution in [-0.4, -0.2) is 15.7 Å². The van der Waals surface area contributed by atoms with Crippen molar-refractivity contribution in [1.29, 1.82) is 0 Å². The quantitative estimate of drug-likeness (QED) is 0.102. The minimum absolute atomic E-state index is 0.189. The van der Waals surface area contributed by atoms with Gasteiger partial charge < -0.3 is 0 Å². The fraction of sp³-hybridized carbons (Fsp3) is 0.0952. The van der Waals surface area contributed by atoms with Crippen LogP contribution in [0.5, 0.6) is 0 Å². The average molecular weight is 852 g/mol. The fourth-order valence-corrected chi connectivity index (χ4v) is 8.94. The molecule has 0 spiro atoms. The molecule has 0 N–H and O–H groups in total. The second kappa shape index (κ2) is 19.8. The average Bonchev–Trinajstić information content (AvgIpc) is 3.40. The molecule has 0 aliphatic heterocycles. The monoisotopic (exact) mass is 851 g/mol. The van der Waals surface area contributed by atoms with Crippen molar-refractivity contribution in [3.05, 3.63) is 265 Å². The molecule has 0 radical (unpaired) electrons. The molecule has 0 fully saturated rings. The maximum atomic E-state index is 5.18. The van der Waals surface area contributed by atoms with Crippen LogP contribution in [0.1, 0.15) is 61.4 Å². The third-order valence-electron chi connectivity index (χ3n) is 12.9. The molecule has 1 aromatic heterocycles. The molecule has 0 saturated carbocycles. The zero-order chi connectivity index (χ0) is 45.3. The van der Waals surface area contributed by atoms with Gasteiger partial charge in [0.15, 0.2) is 5.82 Å². The number of rotatable bonds is 14. The molecule has 66 heavy (non-hydrogen) atoms. The van der Waals surface area contributed by atoms with Crippen molar-refractivity contribution in [3.63, 3.8) is 0 Å². The first-order valence-electron chi connectivity index (χ1n) is 22.9. The van der Waals surface area contributed by atoms with Gasteiger partial charge in [0, 0.05) is 27.7 Å². The van der Waals surface area contributed by atoms with E-state index < -0.39 is 0 Å². The van der Waals surface area contributed by atoms with Crippen LogP contribution in [0.15, 0.2) is 242 Å². The number of hydrogen-bond donors (Lipinski definition) is 0. The van der Waals surface area contributed by atoms with Crippen LogP contribution in [0.4, 0.5) is 0 Å². The number of nitrogens with zero attached hydrogens (tertiary/aromatic N) is 3. The third kappa shape index (κ3) is 9.43. The lowest BCUT2D eigenvalue weighted by atomic mass is 9.70. The number of allylic oxidation sites excluding steroid dienone is 2. The Balaban J connectivity index is 0.986. The van der Waals surface area contributed by atoms with Crippen LogP contribution in [-0.2, 0) is 5.41 Å². The molecule has 3 heteroatoms. The van der Waals surface area contributed by atoms with Crippen molar-refractivity contribution in [2.24, 2.45) is 4.99 Å². The Morgan fingerprint density at radius 2 is 0.818 bits per heavy atom. The van der Waals surface area contributed by atoms with Crippen molar-refractivity contribution in [3.8, 4) is 56.2 Å². The second-order valence-corrected chi connectivity index (χ2v) is 16.8. The SMILES string of the molecule is C=C(/N=C(\C=C(/C)c1ccc(-c2ccccc2)cc1)c1ccccc1)c1ccc(C(CC)(CC)c2ccc(-c3nc(-c4ccccc4)cc(-c4ccc(-c5ccccc5)cc4)n3)cc2)cc1. The molecular formula is C63H53N3. The Kier molecular flexibility index (Phi) is 13.0. The van der Waals surface area contributed by atoms with Gasteiger partial charge in [-0.1, -0.05) is 239 Å². The summed E-state index contributed by atoms with van der Waals surface area (Å²) in [5.41, 5.74) is 17.9. The van der Waals surface area contributed by atoms with Gasteiger partial charge in [0.25, 0.3) is 0 Å². The molecule has 3 nitrogen and oxygen atoms in total. The maximum Gasteiger partial charge on any atom is 0.160 e. The van der Waals surface area contributed by atoms with E-state index in [-0.39, 0.29) is 5.41 Å². The highest BCUT2D eigenvalue weighted by atomic mass is 14.9. The maximum absolute atomic E-state index is 5.18. The number of benzene rings is 8. The Bertz CT molecular complexity index is 3090. The van der Waals surface area contributed by atoms with Gasteiger partial charge in [-0.25, -0.2) is 15.0 Å². The normalized spacial score (nSPS) is 11.9. The Morgan fingerprint density at radius 1 is 0.439 bits per heavy atom. The first-order chi connectivity index (χ1) is 32.4. The van der Waals surface area contributed by atoms with E-state index in [4.69, 9.17) is 15.0 Å². The first-order valence-corrected chi connectivity index (χ1v) is 22.9. The molecule has 320 valence electrons. The molecule has 0 saturated heterocycles. The van der Waals surface area contributed by atoms with Gasteiger partial charge in [0.2, 0.25) is 0 Å². The standard InChI is InChI=1S/C63H53N3/c1-5-63(6-2,57-39-35-48(36-40-57)46(4)64-59(53-23-15-9-16-24-53)43-45(3)47-27-29-51(30-28-47)49-19-11-7-12-20-49)58-41-37-56(38-42-58)62-65-60(54-25-17-10-18-26-54)44-61(66-62)55-33-31-52(32-34-55)50-21-13-8-14-22-50/h7-44H,4-6H2,1-3H3/b45-43+,64-59+. The van der Waals surface area contributed by atoms with Crippen molar-refractivity contribution >= 4 is 17.0 Å². The summed E-state index contributed by atoms with van der Waals surface area (Å²) in [6.45, 7) is 11.2. The topological polar surface area (TPSA) is 38.1 Å². The molecular weight excluding hydrogens is 799 g/mol. The molecule has 1 heterocycles. The number of aromatic nitrogens is 2. The highest BCUT2D eigenvalue weighted by Crippen LogP contribution is 2.40. The van der Waals surface area contributed by atoms with Gasteiger partial charge in [-0.2, -0.15) is 0 Å². The van der Waals surface area contributed by atoms with Crippen molar-refractivity contribution < 1.29 is 0 Å². The van der Waals surface area contributed by atoms with E-state index in [0.29, 0.717) is 5.82 Å². The van der Waals surface area contributed by atoms with Crippen molar-refractivity contribution in [1.82, 2.24) is 9.97 Å². The summed E-state index contributed by atoms with van der Waals surface area (Å²) in [7, 11) is 0. The van der Waals surface area contributed by atoms with Gasteiger partial charge in [-0.05, 0) is 82.0 Å². The van der Waals surface area contributed by atoms with Crippen LogP contribution in [0, 0.1) is 0 Å². The zero-order valence-corrected chi connectivity index (χ0v) is 37.9. The van der Waals surface area contributed by atoms with Gasteiger partial charge in [0.1, 0.15) is 0 Å². The largest absolute Gasteiger partial charge is 0.248 e. The third-order valence-corrected chi connectivity index (χ3v) is 12.9. The molecule has 8 aromatic carbocycles. The second-order valence-electron chi connectivity index (χ2n) is 16.8. The predicted octanol–water partition coefficient (Wildman–Crippen LogP) is 16.5. The summed E-state index contributed by atoms with van der Waals surface area (Å²) in [6.07, 6.45) is 4.06. The lowest BCUT2D eigenvalue weighted by Gasteiger charge is -2.33. The van der Waals surface area contributed by atoms with Crippen LogP contribution in [0.2, 0.25) is 0 Å². The predicted molar refractivity (Wildman–Crippen MR) is 279 cm³/mol. The molecule has 0 unspecified atom stereocenters. The van der Waals surface area contributed by atoms with Crippen LogP contribution in [0.25, 0.3) is 67.4 Å². The van der Waals surface area contributed by atoms with Crippen LogP contribution >= 0.6 is 0 Å². The summed E-state index contributed by atoms with van der Waals surface area (Å²) >= 11 is 0. The zero-order valence-electron chi connectivity index (χ0n) is 37.9. The molecule has 0 bridgehead atoms. The van der Waals surface area contributed by atoms with E-state index in [1.165, 1.54) is 33.4 Å². The first kappa shape index (κ1) is 43.3. The van der Waals surface area contributed by atoms with E-state index in [0.717, 1.165) is 74.6 Å². The number of hydrogen-bond acceptors (Lipinski definition) is 3. The van der Waals surface area contributed by atoms with Crippen molar-refractivity contribution in [2.45, 2.75) is 39.0 Å². The smallest absolute Gasteiger partial charge is 0.160 e. The highest BCUT2D eigenvalue weighted by Gasteiger charge is 2.31. The van der Waals surface area contributed by atoms with Gasteiger partial charge >= 0.3 is 0 Å².